The van der Waals surface area contributed by atoms with Gasteiger partial charge in [-0.25, -0.2) is 0 Å². The van der Waals surface area contributed by atoms with E-state index in [1.165, 1.54) is 0 Å². The van der Waals surface area contributed by atoms with Crippen molar-refractivity contribution in [2.75, 3.05) is 0 Å². The third-order valence-electron chi connectivity index (χ3n) is 2.11. The van der Waals surface area contributed by atoms with Crippen molar-refractivity contribution in [3.8, 4) is 0 Å². The summed E-state index contributed by atoms with van der Waals surface area (Å²) in [6, 6.07) is 2.32. The summed E-state index contributed by atoms with van der Waals surface area (Å²) >= 11 is 0. The Kier molecular flexibility index (Phi) is 2.36. The quantitative estimate of drug-likeness (QED) is 0.617. The highest BCUT2D eigenvalue weighted by Gasteiger charge is 2.09. The van der Waals surface area contributed by atoms with Crippen LogP contribution >= 0.6 is 0 Å². The molecule has 1 aromatic heterocycles. The van der Waals surface area contributed by atoms with Gasteiger partial charge in [-0.05, 0) is 33.8 Å². The number of Topliss-reactive ketones (excluding diaryl/α,β-unsaturated/α-hetero) is 1. The first-order valence-electron chi connectivity index (χ1n) is 4.22. The van der Waals surface area contributed by atoms with E-state index in [-0.39, 0.29) is 5.78 Å². The van der Waals surface area contributed by atoms with Crippen molar-refractivity contribution in [1.82, 2.24) is 4.57 Å². The molecule has 1 rings (SSSR count). The summed E-state index contributed by atoms with van der Waals surface area (Å²) < 4.78 is 2.11. The zero-order valence-electron chi connectivity index (χ0n) is 8.09. The first-order valence-corrected chi connectivity index (χ1v) is 4.22. The van der Waals surface area contributed by atoms with Crippen molar-refractivity contribution < 1.29 is 4.79 Å². The maximum absolute atomic E-state index is 11.1. The number of aromatic nitrogens is 1. The lowest BCUT2D eigenvalue weighted by Crippen LogP contribution is -2.03. The van der Waals surface area contributed by atoms with E-state index in [0.717, 1.165) is 11.3 Å². The summed E-state index contributed by atoms with van der Waals surface area (Å²) in [5.41, 5.74) is 1.90. The fourth-order valence-electron chi connectivity index (χ4n) is 1.46. The number of hydrogen-bond donors (Lipinski definition) is 0. The van der Waals surface area contributed by atoms with E-state index in [2.05, 4.69) is 18.4 Å². The summed E-state index contributed by atoms with van der Waals surface area (Å²) in [6.45, 7) is 7.80. The molecule has 0 fully saturated rings. The molecular weight excluding hydrogens is 150 g/mol. The van der Waals surface area contributed by atoms with Crippen LogP contribution < -0.4 is 0 Å². The molecule has 0 saturated heterocycles. The van der Waals surface area contributed by atoms with Crippen LogP contribution in [0.2, 0.25) is 0 Å². The van der Waals surface area contributed by atoms with Gasteiger partial charge in [0.15, 0.2) is 5.78 Å². The Labute approximate surface area is 73.2 Å². The molecule has 66 valence electrons. The summed E-state index contributed by atoms with van der Waals surface area (Å²) in [7, 11) is 0. The highest BCUT2D eigenvalue weighted by molar-refractivity contribution is 5.95. The summed E-state index contributed by atoms with van der Waals surface area (Å²) in [5, 5.41) is 0. The Bertz CT molecular complexity index is 297. The Balaban J connectivity index is 3.13. The van der Waals surface area contributed by atoms with E-state index in [4.69, 9.17) is 0 Å². The number of carbonyl (C=O) groups excluding carboxylic acids is 1. The Morgan fingerprint density at radius 3 is 2.33 bits per heavy atom. The smallest absolute Gasteiger partial charge is 0.161 e. The van der Waals surface area contributed by atoms with Crippen LogP contribution in [-0.4, -0.2) is 10.4 Å². The van der Waals surface area contributed by atoms with Crippen LogP contribution in [0.3, 0.4) is 0 Å². The molecule has 0 aromatic carbocycles. The van der Waals surface area contributed by atoms with Gasteiger partial charge in [-0.2, -0.15) is 0 Å². The summed E-state index contributed by atoms with van der Waals surface area (Å²) in [5.74, 6) is 0.145. The van der Waals surface area contributed by atoms with Crippen LogP contribution in [0.5, 0.6) is 0 Å². The molecule has 0 saturated carbocycles. The second kappa shape index (κ2) is 3.13. The monoisotopic (exact) mass is 165 g/mol. The highest BCUT2D eigenvalue weighted by Crippen LogP contribution is 2.15. The molecule has 1 heterocycles. The van der Waals surface area contributed by atoms with Crippen molar-refractivity contribution >= 4 is 5.78 Å². The molecule has 0 radical (unpaired) electrons. The van der Waals surface area contributed by atoms with E-state index < -0.39 is 0 Å². The first kappa shape index (κ1) is 9.04. The van der Waals surface area contributed by atoms with Crippen molar-refractivity contribution in [2.24, 2.45) is 0 Å². The van der Waals surface area contributed by atoms with Crippen LogP contribution in [0.15, 0.2) is 12.3 Å². The average molecular weight is 165 g/mol. The molecule has 0 aliphatic rings. The van der Waals surface area contributed by atoms with Gasteiger partial charge in [0.25, 0.3) is 0 Å². The van der Waals surface area contributed by atoms with Crippen LogP contribution in [0, 0.1) is 6.92 Å². The van der Waals surface area contributed by atoms with Crippen LogP contribution in [0.1, 0.15) is 42.9 Å². The molecule has 1 aromatic rings. The third kappa shape index (κ3) is 1.42. The van der Waals surface area contributed by atoms with Crippen LogP contribution in [-0.2, 0) is 0 Å². The second-order valence-corrected chi connectivity index (χ2v) is 3.37. The van der Waals surface area contributed by atoms with E-state index in [0.29, 0.717) is 6.04 Å². The fourth-order valence-corrected chi connectivity index (χ4v) is 1.46. The fraction of sp³-hybridized carbons (Fsp3) is 0.500. The normalized spacial score (nSPS) is 10.8. The number of nitrogens with zero attached hydrogens (tertiary/aromatic N) is 1. The average Bonchev–Trinajstić information content (AvgIpc) is 2.30. The Hall–Kier alpha value is -1.05. The van der Waals surface area contributed by atoms with Crippen LogP contribution in [0.4, 0.5) is 0 Å². The molecule has 12 heavy (non-hydrogen) atoms. The van der Waals surface area contributed by atoms with E-state index >= 15 is 0 Å². The molecule has 0 bridgehead atoms. The zero-order valence-corrected chi connectivity index (χ0v) is 8.09. The Morgan fingerprint density at radius 2 is 2.08 bits per heavy atom. The van der Waals surface area contributed by atoms with E-state index in [1.54, 1.807) is 6.92 Å². The number of ketones is 1. The minimum atomic E-state index is 0.145. The third-order valence-corrected chi connectivity index (χ3v) is 2.11. The van der Waals surface area contributed by atoms with Gasteiger partial charge in [0.2, 0.25) is 0 Å². The molecular formula is C10H15NO. The van der Waals surface area contributed by atoms with Crippen molar-refractivity contribution in [3.63, 3.8) is 0 Å². The van der Waals surface area contributed by atoms with Crippen LogP contribution in [0.25, 0.3) is 0 Å². The Morgan fingerprint density at radius 1 is 1.50 bits per heavy atom. The zero-order chi connectivity index (χ0) is 9.30. The molecule has 0 aliphatic heterocycles. The maximum atomic E-state index is 11.1. The van der Waals surface area contributed by atoms with E-state index in [1.807, 2.05) is 19.2 Å². The minimum absolute atomic E-state index is 0.145. The molecule has 0 unspecified atom stereocenters. The first-order chi connectivity index (χ1) is 5.54. The molecule has 0 amide bonds. The largest absolute Gasteiger partial charge is 0.349 e. The SMILES string of the molecule is CC(=O)c1ccn(C(C)C)c1C. The standard InChI is InChI=1S/C10H15NO/c1-7(2)11-6-5-10(8(11)3)9(4)12/h5-7H,1-4H3. The highest BCUT2D eigenvalue weighted by atomic mass is 16.1. The predicted octanol–water partition coefficient (Wildman–Crippen LogP) is 2.58. The predicted molar refractivity (Wildman–Crippen MR) is 49.6 cm³/mol. The van der Waals surface area contributed by atoms with Gasteiger partial charge in [0.1, 0.15) is 0 Å². The van der Waals surface area contributed by atoms with Gasteiger partial charge < -0.3 is 4.57 Å². The molecule has 0 atom stereocenters. The molecule has 0 aliphatic carbocycles. The van der Waals surface area contributed by atoms with Gasteiger partial charge in [-0.15, -0.1) is 0 Å². The van der Waals surface area contributed by atoms with Crippen molar-refractivity contribution in [1.29, 1.82) is 0 Å². The van der Waals surface area contributed by atoms with Gasteiger partial charge >= 0.3 is 0 Å². The minimum Gasteiger partial charge on any atom is -0.349 e. The summed E-state index contributed by atoms with van der Waals surface area (Å²) in [6.07, 6.45) is 1.97. The lowest BCUT2D eigenvalue weighted by Gasteiger charge is -2.10. The number of carbonyl (C=O) groups is 1. The van der Waals surface area contributed by atoms with Gasteiger partial charge in [-0.1, -0.05) is 0 Å². The van der Waals surface area contributed by atoms with Crippen molar-refractivity contribution in [2.45, 2.75) is 33.7 Å². The molecule has 0 N–H and O–H groups in total. The summed E-state index contributed by atoms with van der Waals surface area (Å²) in [4.78, 5) is 11.1. The number of rotatable bonds is 2. The topological polar surface area (TPSA) is 22.0 Å². The molecule has 0 spiro atoms. The maximum Gasteiger partial charge on any atom is 0.161 e. The number of hydrogen-bond acceptors (Lipinski definition) is 1. The lowest BCUT2D eigenvalue weighted by atomic mass is 10.2. The van der Waals surface area contributed by atoms with Gasteiger partial charge in [-0.3, -0.25) is 4.79 Å². The van der Waals surface area contributed by atoms with Crippen molar-refractivity contribution in [3.05, 3.63) is 23.5 Å². The van der Waals surface area contributed by atoms with E-state index in [9.17, 15) is 4.79 Å². The molecule has 2 nitrogen and oxygen atoms in total. The molecule has 2 heteroatoms. The lowest BCUT2D eigenvalue weighted by molar-refractivity contribution is 0.101. The second-order valence-electron chi connectivity index (χ2n) is 3.37. The van der Waals surface area contributed by atoms with Gasteiger partial charge in [0.05, 0.1) is 0 Å². The van der Waals surface area contributed by atoms with Gasteiger partial charge in [0, 0.05) is 23.5 Å².